The molecule has 26 heavy (non-hydrogen) atoms. The zero-order chi connectivity index (χ0) is 18.1. The molecule has 7 heteroatoms. The van der Waals surface area contributed by atoms with Gasteiger partial charge in [0.25, 0.3) is 0 Å². The molecule has 0 radical (unpaired) electrons. The number of carbonyl (C=O) groups excluding carboxylic acids is 2. The lowest BCUT2D eigenvalue weighted by Gasteiger charge is -2.24. The number of hydrogen-bond acceptors (Lipinski definition) is 5. The monoisotopic (exact) mass is 390 g/mol. The van der Waals surface area contributed by atoms with Crippen LogP contribution in [0.5, 0.6) is 0 Å². The van der Waals surface area contributed by atoms with Crippen molar-refractivity contribution in [1.29, 1.82) is 0 Å². The molecule has 0 saturated carbocycles. The number of fused-ring (bicyclic) bond motifs is 1. The number of likely N-dealkylation sites (tertiary alicyclic amines) is 1. The summed E-state index contributed by atoms with van der Waals surface area (Å²) in [6, 6.07) is 4.12. The SMILES string of the molecule is COC(=O)c1c(NC(=O)N2CCCC2c2cccs2)sc2c1CCCC2. The molecule has 2 aromatic rings. The van der Waals surface area contributed by atoms with E-state index in [1.807, 2.05) is 16.3 Å². The minimum Gasteiger partial charge on any atom is -0.465 e. The molecule has 1 unspecified atom stereocenters. The molecule has 2 aliphatic rings. The van der Waals surface area contributed by atoms with Gasteiger partial charge < -0.3 is 9.64 Å². The van der Waals surface area contributed by atoms with Gasteiger partial charge in [0.15, 0.2) is 0 Å². The van der Waals surface area contributed by atoms with Crippen LogP contribution in [0.1, 0.15) is 57.4 Å². The third-order valence-corrected chi connectivity index (χ3v) is 7.35. The largest absolute Gasteiger partial charge is 0.465 e. The van der Waals surface area contributed by atoms with Crippen LogP contribution >= 0.6 is 22.7 Å². The van der Waals surface area contributed by atoms with Gasteiger partial charge in [0.1, 0.15) is 5.00 Å². The van der Waals surface area contributed by atoms with Gasteiger partial charge in [-0.25, -0.2) is 9.59 Å². The first-order chi connectivity index (χ1) is 12.7. The predicted octanol–water partition coefficient (Wildman–Crippen LogP) is 4.84. The van der Waals surface area contributed by atoms with E-state index >= 15 is 0 Å². The van der Waals surface area contributed by atoms with Gasteiger partial charge in [0, 0.05) is 16.3 Å². The Balaban J connectivity index is 1.59. The Hall–Kier alpha value is -1.86. The van der Waals surface area contributed by atoms with Crippen LogP contribution in [0, 0.1) is 0 Å². The lowest BCUT2D eigenvalue weighted by Crippen LogP contribution is -2.34. The number of anilines is 1. The highest BCUT2D eigenvalue weighted by atomic mass is 32.1. The van der Waals surface area contributed by atoms with Crippen molar-refractivity contribution in [2.75, 3.05) is 19.0 Å². The molecule has 5 nitrogen and oxygen atoms in total. The molecule has 0 spiro atoms. The maximum atomic E-state index is 13.0. The zero-order valence-electron chi connectivity index (χ0n) is 14.7. The molecule has 0 bridgehead atoms. The van der Waals surface area contributed by atoms with Crippen molar-refractivity contribution in [1.82, 2.24) is 4.90 Å². The van der Waals surface area contributed by atoms with E-state index in [0.717, 1.165) is 50.6 Å². The van der Waals surface area contributed by atoms with Crippen molar-refractivity contribution < 1.29 is 14.3 Å². The summed E-state index contributed by atoms with van der Waals surface area (Å²) in [5.74, 6) is -0.351. The Morgan fingerprint density at radius 1 is 1.27 bits per heavy atom. The molecule has 2 amide bonds. The number of thiophene rings is 2. The Morgan fingerprint density at radius 3 is 2.88 bits per heavy atom. The summed E-state index contributed by atoms with van der Waals surface area (Å²) in [5, 5.41) is 5.72. The van der Waals surface area contributed by atoms with Crippen LogP contribution in [0.25, 0.3) is 0 Å². The summed E-state index contributed by atoms with van der Waals surface area (Å²) in [7, 11) is 1.40. The molecule has 1 saturated heterocycles. The van der Waals surface area contributed by atoms with Crippen molar-refractivity contribution in [3.05, 3.63) is 38.4 Å². The van der Waals surface area contributed by atoms with Crippen LogP contribution in [0.4, 0.5) is 9.80 Å². The number of nitrogens with one attached hydrogen (secondary N) is 1. The smallest absolute Gasteiger partial charge is 0.341 e. The second-order valence-corrected chi connectivity index (χ2v) is 8.79. The number of aryl methyl sites for hydroxylation is 1. The number of carbonyl (C=O) groups is 2. The van der Waals surface area contributed by atoms with E-state index in [0.29, 0.717) is 10.6 Å². The number of nitrogens with zero attached hydrogens (tertiary/aromatic N) is 1. The topological polar surface area (TPSA) is 58.6 Å². The van der Waals surface area contributed by atoms with Gasteiger partial charge in [-0.1, -0.05) is 6.07 Å². The van der Waals surface area contributed by atoms with Gasteiger partial charge in [-0.15, -0.1) is 22.7 Å². The average molecular weight is 391 g/mol. The molecule has 138 valence electrons. The van der Waals surface area contributed by atoms with Crippen molar-refractivity contribution in [2.24, 2.45) is 0 Å². The molecule has 3 heterocycles. The summed E-state index contributed by atoms with van der Waals surface area (Å²) in [6.45, 7) is 0.743. The van der Waals surface area contributed by atoms with Gasteiger partial charge in [0.05, 0.1) is 18.7 Å². The maximum absolute atomic E-state index is 13.0. The molecule has 2 aromatic heterocycles. The quantitative estimate of drug-likeness (QED) is 0.763. The number of rotatable bonds is 3. The van der Waals surface area contributed by atoms with E-state index in [1.165, 1.54) is 28.2 Å². The molecule has 4 rings (SSSR count). The minimum atomic E-state index is -0.351. The second-order valence-electron chi connectivity index (χ2n) is 6.70. The van der Waals surface area contributed by atoms with Gasteiger partial charge in [0.2, 0.25) is 0 Å². The number of methoxy groups -OCH3 is 1. The highest BCUT2D eigenvalue weighted by Gasteiger charge is 2.33. The predicted molar refractivity (Wildman–Crippen MR) is 104 cm³/mol. The van der Waals surface area contributed by atoms with Crippen LogP contribution in [0.15, 0.2) is 17.5 Å². The van der Waals surface area contributed by atoms with Crippen molar-refractivity contribution in [3.63, 3.8) is 0 Å². The van der Waals surface area contributed by atoms with Crippen LogP contribution in [0.2, 0.25) is 0 Å². The second kappa shape index (κ2) is 7.40. The third kappa shape index (κ3) is 3.14. The van der Waals surface area contributed by atoms with E-state index < -0.39 is 0 Å². The number of ether oxygens (including phenoxy) is 1. The Labute approximate surface area is 161 Å². The summed E-state index contributed by atoms with van der Waals surface area (Å²) in [4.78, 5) is 29.6. The Morgan fingerprint density at radius 2 is 2.12 bits per heavy atom. The van der Waals surface area contributed by atoms with Crippen molar-refractivity contribution in [2.45, 2.75) is 44.6 Å². The van der Waals surface area contributed by atoms with Crippen LogP contribution < -0.4 is 5.32 Å². The number of esters is 1. The van der Waals surface area contributed by atoms with Crippen LogP contribution in [-0.4, -0.2) is 30.6 Å². The summed E-state index contributed by atoms with van der Waals surface area (Å²) < 4.78 is 4.99. The van der Waals surface area contributed by atoms with E-state index in [1.54, 1.807) is 11.3 Å². The molecule has 1 N–H and O–H groups in total. The zero-order valence-corrected chi connectivity index (χ0v) is 16.4. The first kappa shape index (κ1) is 17.5. The summed E-state index contributed by atoms with van der Waals surface area (Å²) >= 11 is 3.22. The van der Waals surface area contributed by atoms with Crippen molar-refractivity contribution in [3.8, 4) is 0 Å². The van der Waals surface area contributed by atoms with E-state index in [-0.39, 0.29) is 18.0 Å². The number of urea groups is 1. The minimum absolute atomic E-state index is 0.121. The fourth-order valence-corrected chi connectivity index (χ4v) is 6.07. The molecular formula is C19H22N2O3S2. The molecule has 1 aliphatic carbocycles. The average Bonchev–Trinajstić information content (AvgIpc) is 3.38. The highest BCUT2D eigenvalue weighted by molar-refractivity contribution is 7.17. The summed E-state index contributed by atoms with van der Waals surface area (Å²) in [5.41, 5.74) is 1.63. The third-order valence-electron chi connectivity index (χ3n) is 5.17. The van der Waals surface area contributed by atoms with Gasteiger partial charge >= 0.3 is 12.0 Å². The Kier molecular flexibility index (Phi) is 5.00. The molecule has 1 fully saturated rings. The van der Waals surface area contributed by atoms with E-state index in [2.05, 4.69) is 11.4 Å². The Bertz CT molecular complexity index is 813. The molecule has 1 aliphatic heterocycles. The van der Waals surface area contributed by atoms with E-state index in [4.69, 9.17) is 4.74 Å². The van der Waals surface area contributed by atoms with Crippen LogP contribution in [-0.2, 0) is 17.6 Å². The first-order valence-corrected chi connectivity index (χ1v) is 10.7. The maximum Gasteiger partial charge on any atom is 0.341 e. The standard InChI is InChI=1S/C19H22N2O3S2/c1-24-18(22)16-12-6-2-3-8-14(12)26-17(16)20-19(23)21-10-4-7-13(21)15-9-5-11-25-15/h5,9,11,13H,2-4,6-8,10H2,1H3,(H,20,23). The van der Waals surface area contributed by atoms with Crippen LogP contribution in [0.3, 0.4) is 0 Å². The number of amides is 2. The van der Waals surface area contributed by atoms with Gasteiger partial charge in [-0.2, -0.15) is 0 Å². The highest BCUT2D eigenvalue weighted by Crippen LogP contribution is 2.40. The first-order valence-electron chi connectivity index (χ1n) is 9.03. The lowest BCUT2D eigenvalue weighted by atomic mass is 9.95. The van der Waals surface area contributed by atoms with Gasteiger partial charge in [-0.05, 0) is 55.5 Å². The van der Waals surface area contributed by atoms with Gasteiger partial charge in [-0.3, -0.25) is 5.32 Å². The lowest BCUT2D eigenvalue weighted by molar-refractivity contribution is 0.0601. The number of hydrogen-bond donors (Lipinski definition) is 1. The normalized spacial score (nSPS) is 19.3. The molecular weight excluding hydrogens is 368 g/mol. The van der Waals surface area contributed by atoms with Crippen molar-refractivity contribution >= 4 is 39.7 Å². The fourth-order valence-electron chi connectivity index (χ4n) is 3.93. The summed E-state index contributed by atoms with van der Waals surface area (Å²) in [6.07, 6.45) is 6.05. The molecule has 0 aromatic carbocycles. The fraction of sp³-hybridized carbons (Fsp3) is 0.474. The van der Waals surface area contributed by atoms with E-state index in [9.17, 15) is 9.59 Å². The molecule has 1 atom stereocenters.